The quantitative estimate of drug-likeness (QED) is 0.848. The van der Waals surface area contributed by atoms with Crippen molar-refractivity contribution in [3.63, 3.8) is 0 Å². The lowest BCUT2D eigenvalue weighted by Gasteiger charge is -2.08. The first kappa shape index (κ1) is 16.0. The van der Waals surface area contributed by atoms with Crippen LogP contribution in [0.5, 0.6) is 11.5 Å². The van der Waals surface area contributed by atoms with Gasteiger partial charge in [0.2, 0.25) is 12.7 Å². The van der Waals surface area contributed by atoms with Crippen LogP contribution in [0.1, 0.15) is 25.8 Å². The highest BCUT2D eigenvalue weighted by molar-refractivity contribution is 5.89. The number of hydrogen-bond acceptors (Lipinski definition) is 6. The third-order valence-electron chi connectivity index (χ3n) is 3.44. The fraction of sp³-hybridized carbons (Fsp3) is 0.353. The number of carbonyl (C=O) groups excluding carboxylic acids is 1. The van der Waals surface area contributed by atoms with E-state index >= 15 is 0 Å². The number of benzene rings is 1. The molecule has 126 valence electrons. The molecule has 1 amide bonds. The predicted octanol–water partition coefficient (Wildman–Crippen LogP) is 2.80. The van der Waals surface area contributed by atoms with Gasteiger partial charge < -0.3 is 20.1 Å². The summed E-state index contributed by atoms with van der Waals surface area (Å²) in [6.07, 6.45) is 0.464. The van der Waals surface area contributed by atoms with Crippen molar-refractivity contribution in [1.82, 2.24) is 10.2 Å². The van der Waals surface area contributed by atoms with Crippen LogP contribution in [-0.2, 0) is 11.3 Å². The molecule has 7 heteroatoms. The van der Waals surface area contributed by atoms with E-state index in [0.29, 0.717) is 30.5 Å². The smallest absolute Gasteiger partial charge is 0.231 e. The van der Waals surface area contributed by atoms with Gasteiger partial charge in [-0.1, -0.05) is 19.9 Å². The van der Waals surface area contributed by atoms with Crippen LogP contribution in [0.2, 0.25) is 0 Å². The highest BCUT2D eigenvalue weighted by Gasteiger charge is 2.13. The summed E-state index contributed by atoms with van der Waals surface area (Å²) in [5.74, 6) is 2.86. The Kier molecular flexibility index (Phi) is 4.79. The van der Waals surface area contributed by atoms with E-state index in [1.54, 1.807) is 12.1 Å². The number of aromatic nitrogens is 2. The van der Waals surface area contributed by atoms with E-state index in [0.717, 1.165) is 17.1 Å². The fourth-order valence-corrected chi connectivity index (χ4v) is 2.30. The molecule has 3 rings (SSSR count). The Morgan fingerprint density at radius 1 is 1.12 bits per heavy atom. The first-order valence-corrected chi connectivity index (χ1v) is 7.86. The summed E-state index contributed by atoms with van der Waals surface area (Å²) >= 11 is 0. The summed E-state index contributed by atoms with van der Waals surface area (Å²) in [7, 11) is 0. The zero-order valence-electron chi connectivity index (χ0n) is 13.7. The van der Waals surface area contributed by atoms with Gasteiger partial charge in [-0.3, -0.25) is 4.79 Å². The number of fused-ring (bicyclic) bond motifs is 1. The monoisotopic (exact) mass is 328 g/mol. The lowest BCUT2D eigenvalue weighted by molar-refractivity contribution is -0.116. The van der Waals surface area contributed by atoms with E-state index in [-0.39, 0.29) is 12.7 Å². The molecule has 2 heterocycles. The average Bonchev–Trinajstić information content (AvgIpc) is 3.01. The molecule has 0 atom stereocenters. The molecule has 0 spiro atoms. The van der Waals surface area contributed by atoms with E-state index in [9.17, 15) is 4.79 Å². The molecule has 1 aromatic carbocycles. The van der Waals surface area contributed by atoms with E-state index in [1.807, 2.05) is 32.0 Å². The largest absolute Gasteiger partial charge is 0.454 e. The van der Waals surface area contributed by atoms with Crippen LogP contribution in [0, 0.1) is 5.92 Å². The Labute approximate surface area is 140 Å². The molecular weight excluding hydrogens is 308 g/mol. The summed E-state index contributed by atoms with van der Waals surface area (Å²) in [6.45, 7) is 4.84. The lowest BCUT2D eigenvalue weighted by Crippen LogP contribution is -2.15. The molecule has 2 aromatic rings. The maximum absolute atomic E-state index is 11.7. The van der Waals surface area contributed by atoms with Gasteiger partial charge in [-0.05, 0) is 35.7 Å². The summed E-state index contributed by atoms with van der Waals surface area (Å²) in [6, 6.07) is 9.30. The lowest BCUT2D eigenvalue weighted by atomic mass is 10.1. The van der Waals surface area contributed by atoms with Gasteiger partial charge in [-0.25, -0.2) is 0 Å². The highest BCUT2D eigenvalue weighted by Crippen LogP contribution is 2.32. The number of rotatable bonds is 6. The molecule has 0 aliphatic carbocycles. The molecule has 0 unspecified atom stereocenters. The number of ether oxygens (including phenoxy) is 2. The average molecular weight is 328 g/mol. The Hall–Kier alpha value is -2.83. The summed E-state index contributed by atoms with van der Waals surface area (Å²) < 4.78 is 10.6. The van der Waals surface area contributed by atoms with E-state index in [2.05, 4.69) is 20.8 Å². The highest BCUT2D eigenvalue weighted by atomic mass is 16.7. The standard InChI is InChI=1S/C17H20N4O3/c1-11(2)7-17(22)19-16-6-5-15(20-21-16)18-9-12-3-4-13-14(8-12)24-10-23-13/h3-6,8,11H,7,9-10H2,1-2H3,(H,18,20)(H,19,21,22). The second-order valence-electron chi connectivity index (χ2n) is 5.99. The second kappa shape index (κ2) is 7.16. The zero-order valence-corrected chi connectivity index (χ0v) is 13.7. The molecule has 24 heavy (non-hydrogen) atoms. The molecule has 2 N–H and O–H groups in total. The van der Waals surface area contributed by atoms with Crippen LogP contribution in [0.25, 0.3) is 0 Å². The van der Waals surface area contributed by atoms with Crippen molar-refractivity contribution in [2.45, 2.75) is 26.8 Å². The number of hydrogen-bond donors (Lipinski definition) is 2. The minimum absolute atomic E-state index is 0.0552. The third-order valence-corrected chi connectivity index (χ3v) is 3.44. The predicted molar refractivity (Wildman–Crippen MR) is 90.0 cm³/mol. The SMILES string of the molecule is CC(C)CC(=O)Nc1ccc(NCc2ccc3c(c2)OCO3)nn1. The molecular formula is C17H20N4O3. The molecule has 0 fully saturated rings. The van der Waals surface area contributed by atoms with E-state index in [4.69, 9.17) is 9.47 Å². The van der Waals surface area contributed by atoms with Crippen molar-refractivity contribution in [2.24, 2.45) is 5.92 Å². The number of anilines is 2. The van der Waals surface area contributed by atoms with Crippen molar-refractivity contribution < 1.29 is 14.3 Å². The van der Waals surface area contributed by atoms with Crippen LogP contribution in [0.4, 0.5) is 11.6 Å². The van der Waals surface area contributed by atoms with Gasteiger partial charge in [-0.15, -0.1) is 10.2 Å². The topological polar surface area (TPSA) is 85.4 Å². The maximum atomic E-state index is 11.7. The van der Waals surface area contributed by atoms with Gasteiger partial charge in [0.15, 0.2) is 17.3 Å². The Balaban J connectivity index is 1.53. The number of amides is 1. The van der Waals surface area contributed by atoms with E-state index in [1.165, 1.54) is 0 Å². The first-order valence-electron chi connectivity index (χ1n) is 7.86. The van der Waals surface area contributed by atoms with Crippen LogP contribution < -0.4 is 20.1 Å². The maximum Gasteiger partial charge on any atom is 0.231 e. The number of nitrogens with one attached hydrogen (secondary N) is 2. The van der Waals surface area contributed by atoms with Gasteiger partial charge in [0.25, 0.3) is 0 Å². The van der Waals surface area contributed by atoms with Gasteiger partial charge in [0.1, 0.15) is 5.82 Å². The molecule has 1 aromatic heterocycles. The molecule has 7 nitrogen and oxygen atoms in total. The van der Waals surface area contributed by atoms with E-state index < -0.39 is 0 Å². The molecule has 1 aliphatic heterocycles. The van der Waals surface area contributed by atoms with Gasteiger partial charge >= 0.3 is 0 Å². The van der Waals surface area contributed by atoms with Crippen molar-refractivity contribution in [2.75, 3.05) is 17.4 Å². The normalized spacial score (nSPS) is 12.3. The Bertz CT molecular complexity index is 716. The molecule has 0 saturated carbocycles. The molecule has 1 aliphatic rings. The first-order chi connectivity index (χ1) is 11.6. The van der Waals surface area contributed by atoms with Crippen molar-refractivity contribution in [3.8, 4) is 11.5 Å². The Morgan fingerprint density at radius 2 is 1.88 bits per heavy atom. The third kappa shape index (κ3) is 4.13. The van der Waals surface area contributed by atoms with Crippen LogP contribution in [0.15, 0.2) is 30.3 Å². The van der Waals surface area contributed by atoms with Gasteiger partial charge in [0, 0.05) is 13.0 Å². The molecule has 0 saturated heterocycles. The van der Waals surface area contributed by atoms with Crippen LogP contribution in [0.3, 0.4) is 0 Å². The van der Waals surface area contributed by atoms with Crippen molar-refractivity contribution in [3.05, 3.63) is 35.9 Å². The second-order valence-corrected chi connectivity index (χ2v) is 5.99. The molecule has 0 radical (unpaired) electrons. The zero-order chi connectivity index (χ0) is 16.9. The van der Waals surface area contributed by atoms with Crippen molar-refractivity contribution in [1.29, 1.82) is 0 Å². The van der Waals surface area contributed by atoms with Crippen LogP contribution in [-0.4, -0.2) is 22.9 Å². The van der Waals surface area contributed by atoms with Gasteiger partial charge in [-0.2, -0.15) is 0 Å². The minimum atomic E-state index is -0.0552. The number of nitrogens with zero attached hydrogens (tertiary/aromatic N) is 2. The molecule has 0 bridgehead atoms. The van der Waals surface area contributed by atoms with Gasteiger partial charge in [0.05, 0.1) is 0 Å². The van der Waals surface area contributed by atoms with Crippen molar-refractivity contribution >= 4 is 17.5 Å². The number of carbonyl (C=O) groups is 1. The Morgan fingerprint density at radius 3 is 2.62 bits per heavy atom. The minimum Gasteiger partial charge on any atom is -0.454 e. The van der Waals surface area contributed by atoms with Crippen LogP contribution >= 0.6 is 0 Å². The summed E-state index contributed by atoms with van der Waals surface area (Å²) in [5, 5.41) is 14.0. The summed E-state index contributed by atoms with van der Waals surface area (Å²) in [5.41, 5.74) is 1.05. The summed E-state index contributed by atoms with van der Waals surface area (Å²) in [4.78, 5) is 11.7. The fourth-order valence-electron chi connectivity index (χ4n) is 2.30.